The van der Waals surface area contributed by atoms with Crippen molar-refractivity contribution in [2.75, 3.05) is 53.6 Å². The molecule has 0 saturated carbocycles. The lowest BCUT2D eigenvalue weighted by Crippen LogP contribution is -2.19. The molecule has 2 heterocycles. The summed E-state index contributed by atoms with van der Waals surface area (Å²) in [5.74, 6) is 4.50. The predicted molar refractivity (Wildman–Crippen MR) is 125 cm³/mol. The number of aliphatic imine (C=N–C) groups is 2. The van der Waals surface area contributed by atoms with Crippen LogP contribution in [0.4, 0.5) is 0 Å². The fourth-order valence-corrected chi connectivity index (χ4v) is 3.46. The number of rotatable bonds is 10. The van der Waals surface area contributed by atoms with E-state index in [1.165, 1.54) is 0 Å². The molecule has 32 heavy (non-hydrogen) atoms. The molecule has 0 atom stereocenters. The number of hydrogen-bond acceptors (Lipinski definition) is 8. The highest BCUT2D eigenvalue weighted by molar-refractivity contribution is 6.00. The largest absolute Gasteiger partial charge is 0.493 e. The van der Waals surface area contributed by atoms with Crippen LogP contribution in [0, 0.1) is 0 Å². The topological polar surface area (TPSA) is 85.7 Å². The minimum absolute atomic E-state index is 0.403. The highest BCUT2D eigenvalue weighted by atomic mass is 16.5. The van der Waals surface area contributed by atoms with Gasteiger partial charge in [0.25, 0.3) is 0 Å². The lowest BCUT2D eigenvalue weighted by atomic mass is 10.2. The summed E-state index contributed by atoms with van der Waals surface area (Å²) in [5.41, 5.74) is 1.98. The van der Waals surface area contributed by atoms with Crippen molar-refractivity contribution in [2.24, 2.45) is 9.98 Å². The molecule has 0 fully saturated rings. The molecule has 0 amide bonds. The number of methoxy groups -OCH3 is 2. The number of nitrogens with zero attached hydrogens (tertiary/aromatic N) is 2. The standard InChI is InChI=1S/C24H28N4O4/c1-29-21-15-17(23-25-9-10-26-23)5-7-19(21)31-13-3-4-14-32-20-8-6-18(16-22(20)30-2)24-27-11-12-28-24/h3-8,15-16H,9-14H2,1-2H3,(H,25,26)(H,27,28)/b4-3-. The van der Waals surface area contributed by atoms with Gasteiger partial charge in [-0.05, 0) is 48.6 Å². The van der Waals surface area contributed by atoms with Crippen molar-refractivity contribution in [2.45, 2.75) is 0 Å². The van der Waals surface area contributed by atoms with E-state index in [9.17, 15) is 0 Å². The summed E-state index contributed by atoms with van der Waals surface area (Å²) in [6, 6.07) is 11.6. The Kier molecular flexibility index (Phi) is 7.12. The van der Waals surface area contributed by atoms with E-state index < -0.39 is 0 Å². The predicted octanol–water partition coefficient (Wildman–Crippen LogP) is 2.42. The maximum absolute atomic E-state index is 5.84. The van der Waals surface area contributed by atoms with E-state index in [0.717, 1.165) is 49.0 Å². The summed E-state index contributed by atoms with van der Waals surface area (Å²) in [5, 5.41) is 6.52. The van der Waals surface area contributed by atoms with E-state index in [0.29, 0.717) is 36.2 Å². The smallest absolute Gasteiger partial charge is 0.161 e. The molecule has 2 aromatic carbocycles. The van der Waals surface area contributed by atoms with Gasteiger partial charge in [0.15, 0.2) is 23.0 Å². The molecule has 168 valence electrons. The van der Waals surface area contributed by atoms with Crippen LogP contribution in [0.1, 0.15) is 11.1 Å². The Morgan fingerprint density at radius 3 is 1.56 bits per heavy atom. The van der Waals surface area contributed by atoms with Gasteiger partial charge in [0.1, 0.15) is 24.9 Å². The molecule has 0 aliphatic carbocycles. The Morgan fingerprint density at radius 1 is 0.719 bits per heavy atom. The zero-order chi connectivity index (χ0) is 22.2. The van der Waals surface area contributed by atoms with Gasteiger partial charge in [0.2, 0.25) is 0 Å². The van der Waals surface area contributed by atoms with E-state index in [2.05, 4.69) is 20.6 Å². The molecule has 2 aliphatic heterocycles. The summed E-state index contributed by atoms with van der Waals surface area (Å²) < 4.78 is 22.6. The van der Waals surface area contributed by atoms with Crippen LogP contribution in [-0.2, 0) is 0 Å². The summed E-state index contributed by atoms with van der Waals surface area (Å²) in [6.45, 7) is 4.13. The molecule has 0 unspecified atom stereocenters. The second-order valence-corrected chi connectivity index (χ2v) is 7.14. The van der Waals surface area contributed by atoms with Crippen LogP contribution < -0.4 is 29.6 Å². The molecule has 0 bridgehead atoms. The zero-order valence-electron chi connectivity index (χ0n) is 18.4. The van der Waals surface area contributed by atoms with Crippen LogP contribution >= 0.6 is 0 Å². The van der Waals surface area contributed by atoms with Gasteiger partial charge in [-0.1, -0.05) is 0 Å². The first-order valence-corrected chi connectivity index (χ1v) is 10.6. The van der Waals surface area contributed by atoms with Gasteiger partial charge in [-0.15, -0.1) is 0 Å². The van der Waals surface area contributed by atoms with Crippen LogP contribution in [0.2, 0.25) is 0 Å². The van der Waals surface area contributed by atoms with Crippen molar-refractivity contribution in [3.05, 3.63) is 59.7 Å². The van der Waals surface area contributed by atoms with E-state index in [1.54, 1.807) is 14.2 Å². The van der Waals surface area contributed by atoms with Gasteiger partial charge in [-0.2, -0.15) is 0 Å². The Morgan fingerprint density at radius 2 is 1.19 bits per heavy atom. The quantitative estimate of drug-likeness (QED) is 0.557. The Bertz CT molecular complexity index is 951. The monoisotopic (exact) mass is 436 g/mol. The van der Waals surface area contributed by atoms with E-state index in [1.807, 2.05) is 48.6 Å². The molecule has 8 heteroatoms. The first-order valence-electron chi connectivity index (χ1n) is 10.6. The Labute approximate surface area is 188 Å². The third-order valence-electron chi connectivity index (χ3n) is 5.06. The van der Waals surface area contributed by atoms with Gasteiger partial charge in [-0.25, -0.2) is 0 Å². The van der Waals surface area contributed by atoms with Crippen LogP contribution in [0.5, 0.6) is 23.0 Å². The average Bonchev–Trinajstić information content (AvgIpc) is 3.56. The van der Waals surface area contributed by atoms with Gasteiger partial charge >= 0.3 is 0 Å². The molecule has 0 saturated heterocycles. The third-order valence-corrected chi connectivity index (χ3v) is 5.06. The maximum Gasteiger partial charge on any atom is 0.161 e. The van der Waals surface area contributed by atoms with Crippen molar-refractivity contribution in [1.29, 1.82) is 0 Å². The lowest BCUT2D eigenvalue weighted by molar-refractivity contribution is 0.318. The summed E-state index contributed by atoms with van der Waals surface area (Å²) in [7, 11) is 3.27. The Hall–Kier alpha value is -3.68. The molecule has 2 aliphatic rings. The van der Waals surface area contributed by atoms with Crippen LogP contribution in [-0.4, -0.2) is 65.3 Å². The highest BCUT2D eigenvalue weighted by Crippen LogP contribution is 2.29. The molecule has 8 nitrogen and oxygen atoms in total. The van der Waals surface area contributed by atoms with E-state index >= 15 is 0 Å². The minimum Gasteiger partial charge on any atom is -0.493 e. The normalized spacial score (nSPS) is 15.1. The van der Waals surface area contributed by atoms with E-state index in [4.69, 9.17) is 18.9 Å². The van der Waals surface area contributed by atoms with Gasteiger partial charge < -0.3 is 29.6 Å². The first kappa shape index (κ1) is 21.5. The fourth-order valence-electron chi connectivity index (χ4n) is 3.46. The SMILES string of the molecule is COc1cc(C2=NCCN2)ccc1OC/C=C\COc1ccc(C2=NCCN2)cc1OC. The molecule has 2 N–H and O–H groups in total. The highest BCUT2D eigenvalue weighted by Gasteiger charge is 2.13. The van der Waals surface area contributed by atoms with Crippen molar-refractivity contribution in [1.82, 2.24) is 10.6 Å². The molecular weight excluding hydrogens is 408 g/mol. The second-order valence-electron chi connectivity index (χ2n) is 7.14. The number of hydrogen-bond donors (Lipinski definition) is 2. The minimum atomic E-state index is 0.403. The van der Waals surface area contributed by atoms with Gasteiger partial charge in [-0.3, -0.25) is 9.98 Å². The molecule has 2 aromatic rings. The van der Waals surface area contributed by atoms with Crippen molar-refractivity contribution in [3.8, 4) is 23.0 Å². The number of nitrogens with one attached hydrogen (secondary N) is 2. The first-order chi connectivity index (χ1) is 15.8. The van der Waals surface area contributed by atoms with Gasteiger partial charge in [0.05, 0.1) is 27.3 Å². The summed E-state index contributed by atoms with van der Waals surface area (Å²) in [6.07, 6.45) is 3.82. The van der Waals surface area contributed by atoms with E-state index in [-0.39, 0.29) is 0 Å². The molecule has 0 spiro atoms. The second kappa shape index (κ2) is 10.6. The molecule has 4 rings (SSSR count). The zero-order valence-corrected chi connectivity index (χ0v) is 18.4. The number of ether oxygens (including phenoxy) is 4. The number of benzene rings is 2. The van der Waals surface area contributed by atoms with Gasteiger partial charge in [0, 0.05) is 24.2 Å². The fraction of sp³-hybridized carbons (Fsp3) is 0.333. The van der Waals surface area contributed by atoms with Crippen molar-refractivity contribution < 1.29 is 18.9 Å². The van der Waals surface area contributed by atoms with Crippen LogP contribution in [0.3, 0.4) is 0 Å². The van der Waals surface area contributed by atoms with Crippen LogP contribution in [0.25, 0.3) is 0 Å². The number of amidine groups is 2. The molecule has 0 radical (unpaired) electrons. The third kappa shape index (κ3) is 5.14. The maximum atomic E-state index is 5.84. The molecular formula is C24H28N4O4. The van der Waals surface area contributed by atoms with Crippen LogP contribution in [0.15, 0.2) is 58.5 Å². The summed E-state index contributed by atoms with van der Waals surface area (Å²) in [4.78, 5) is 8.87. The van der Waals surface area contributed by atoms with Crippen molar-refractivity contribution in [3.63, 3.8) is 0 Å². The lowest BCUT2D eigenvalue weighted by Gasteiger charge is -2.12. The molecule has 0 aromatic heterocycles. The Balaban J connectivity index is 1.28. The average molecular weight is 437 g/mol. The summed E-state index contributed by atoms with van der Waals surface area (Å²) >= 11 is 0. The van der Waals surface area contributed by atoms with Crippen molar-refractivity contribution >= 4 is 11.7 Å².